The highest BCUT2D eigenvalue weighted by atomic mass is 28.3. The molecule has 0 fully saturated rings. The molecule has 3 nitrogen and oxygen atoms in total. The van der Waals surface area contributed by atoms with Gasteiger partial charge in [0.15, 0.2) is 11.5 Å². The summed E-state index contributed by atoms with van der Waals surface area (Å²) in [6.07, 6.45) is 0.00778. The molecule has 140 valence electrons. The smallest absolute Gasteiger partial charge is 0.161 e. The summed E-state index contributed by atoms with van der Waals surface area (Å²) < 4.78 is 11.3. The summed E-state index contributed by atoms with van der Waals surface area (Å²) in [7, 11) is 0.403. The van der Waals surface area contributed by atoms with Crippen molar-refractivity contribution in [2.45, 2.75) is 44.8 Å². The van der Waals surface area contributed by atoms with Crippen LogP contribution in [-0.2, 0) is 6.61 Å². The van der Waals surface area contributed by atoms with Crippen LogP contribution in [0.25, 0.3) is 0 Å². The standard InChI is InChI=1S/C22H30O3Si/c1-17(16-26(3,4)5)13-20(23)19-11-12-21(22(14-19)24-2)25-15-18-9-7-6-8-10-18/h6-12,14,20,23H,1,13,15-16H2,2-5H3/t20-/m1/s1. The maximum atomic E-state index is 10.6. The average molecular weight is 371 g/mol. The first kappa shape index (κ1) is 20.3. The van der Waals surface area contributed by atoms with E-state index in [0.717, 1.165) is 22.7 Å². The zero-order valence-electron chi connectivity index (χ0n) is 16.3. The van der Waals surface area contributed by atoms with Crippen LogP contribution in [0.2, 0.25) is 25.7 Å². The molecule has 0 aliphatic carbocycles. The molecule has 0 radical (unpaired) electrons. The van der Waals surface area contributed by atoms with Gasteiger partial charge in [-0.15, -0.1) is 6.58 Å². The second kappa shape index (κ2) is 9.06. The van der Waals surface area contributed by atoms with Crippen molar-refractivity contribution in [1.29, 1.82) is 0 Å². The number of aliphatic hydroxyl groups is 1. The van der Waals surface area contributed by atoms with Crippen molar-refractivity contribution >= 4 is 8.07 Å². The highest BCUT2D eigenvalue weighted by molar-refractivity contribution is 6.76. The molecule has 0 saturated heterocycles. The van der Waals surface area contributed by atoms with Crippen LogP contribution in [0, 0.1) is 0 Å². The molecule has 0 unspecified atom stereocenters. The van der Waals surface area contributed by atoms with E-state index in [1.807, 2.05) is 48.5 Å². The van der Waals surface area contributed by atoms with Crippen LogP contribution in [0.15, 0.2) is 60.7 Å². The number of benzene rings is 2. The molecule has 0 spiro atoms. The topological polar surface area (TPSA) is 38.7 Å². The van der Waals surface area contributed by atoms with E-state index in [1.165, 1.54) is 0 Å². The molecule has 0 aliphatic heterocycles. The molecule has 0 bridgehead atoms. The zero-order valence-corrected chi connectivity index (χ0v) is 17.3. The highest BCUT2D eigenvalue weighted by Crippen LogP contribution is 2.33. The monoisotopic (exact) mass is 370 g/mol. The third-order valence-corrected chi connectivity index (χ3v) is 5.63. The lowest BCUT2D eigenvalue weighted by Crippen LogP contribution is -2.20. The number of ether oxygens (including phenoxy) is 2. The summed E-state index contributed by atoms with van der Waals surface area (Å²) in [5, 5.41) is 10.6. The van der Waals surface area contributed by atoms with Crippen molar-refractivity contribution in [3.63, 3.8) is 0 Å². The van der Waals surface area contributed by atoms with Gasteiger partial charge in [-0.2, -0.15) is 0 Å². The third-order valence-electron chi connectivity index (χ3n) is 4.07. The molecule has 0 aromatic heterocycles. The number of aliphatic hydroxyl groups excluding tert-OH is 1. The number of hydrogen-bond acceptors (Lipinski definition) is 3. The predicted molar refractivity (Wildman–Crippen MR) is 111 cm³/mol. The molecule has 2 aromatic rings. The predicted octanol–water partition coefficient (Wildman–Crippen LogP) is 5.59. The first-order valence-corrected chi connectivity index (χ1v) is 12.7. The zero-order chi connectivity index (χ0) is 19.2. The number of methoxy groups -OCH3 is 1. The van der Waals surface area contributed by atoms with E-state index in [2.05, 4.69) is 26.2 Å². The maximum Gasteiger partial charge on any atom is 0.161 e. The Balaban J connectivity index is 2.03. The Kier molecular flexibility index (Phi) is 7.06. The molecule has 2 aromatic carbocycles. The largest absolute Gasteiger partial charge is 0.493 e. The van der Waals surface area contributed by atoms with Crippen LogP contribution in [-0.4, -0.2) is 20.3 Å². The van der Waals surface area contributed by atoms with Gasteiger partial charge in [0, 0.05) is 8.07 Å². The minimum atomic E-state index is -1.21. The first-order valence-electron chi connectivity index (χ1n) is 8.98. The Morgan fingerprint density at radius 1 is 1.08 bits per heavy atom. The fraction of sp³-hybridized carbons (Fsp3) is 0.364. The summed E-state index contributed by atoms with van der Waals surface area (Å²) in [6, 6.07) is 16.6. The lowest BCUT2D eigenvalue weighted by molar-refractivity contribution is 0.177. The fourth-order valence-corrected chi connectivity index (χ4v) is 4.60. The summed E-state index contributed by atoms with van der Waals surface area (Å²) in [4.78, 5) is 0. The van der Waals surface area contributed by atoms with E-state index in [9.17, 15) is 5.11 Å². The Labute approximate surface area is 158 Å². The molecule has 0 saturated carbocycles. The van der Waals surface area contributed by atoms with E-state index in [-0.39, 0.29) is 0 Å². The van der Waals surface area contributed by atoms with Crippen LogP contribution >= 0.6 is 0 Å². The summed E-state index contributed by atoms with van der Waals surface area (Å²) in [5.41, 5.74) is 3.03. The van der Waals surface area contributed by atoms with Gasteiger partial charge in [0.25, 0.3) is 0 Å². The van der Waals surface area contributed by atoms with Crippen LogP contribution in [0.4, 0.5) is 0 Å². The van der Waals surface area contributed by atoms with Crippen LogP contribution in [0.1, 0.15) is 23.7 Å². The van der Waals surface area contributed by atoms with Crippen LogP contribution in [0.5, 0.6) is 11.5 Å². The summed E-state index contributed by atoms with van der Waals surface area (Å²) in [5.74, 6) is 1.31. The second-order valence-electron chi connectivity index (χ2n) is 7.89. The lowest BCUT2D eigenvalue weighted by atomic mass is 10.0. The summed E-state index contributed by atoms with van der Waals surface area (Å²) in [6.45, 7) is 11.6. The van der Waals surface area contributed by atoms with Crippen LogP contribution in [0.3, 0.4) is 0 Å². The molecule has 1 N–H and O–H groups in total. The second-order valence-corrected chi connectivity index (χ2v) is 13.4. The molecular weight excluding hydrogens is 340 g/mol. The summed E-state index contributed by atoms with van der Waals surface area (Å²) >= 11 is 0. The van der Waals surface area contributed by atoms with Crippen molar-refractivity contribution in [2.24, 2.45) is 0 Å². The third kappa shape index (κ3) is 6.35. The number of hydrogen-bond donors (Lipinski definition) is 1. The molecule has 26 heavy (non-hydrogen) atoms. The Hall–Kier alpha value is -2.04. The van der Waals surface area contributed by atoms with Crippen molar-refractivity contribution in [3.8, 4) is 11.5 Å². The minimum Gasteiger partial charge on any atom is -0.493 e. The van der Waals surface area contributed by atoms with Crippen molar-refractivity contribution < 1.29 is 14.6 Å². The quantitative estimate of drug-likeness (QED) is 0.462. The normalized spacial score (nSPS) is 12.5. The Bertz CT molecular complexity index is 720. The molecule has 0 heterocycles. The van der Waals surface area contributed by atoms with E-state index < -0.39 is 14.2 Å². The lowest BCUT2D eigenvalue weighted by Gasteiger charge is -2.20. The van der Waals surface area contributed by atoms with Gasteiger partial charge in [0.1, 0.15) is 6.61 Å². The SMILES string of the molecule is C=C(C[C@@H](O)c1ccc(OCc2ccccc2)c(OC)c1)C[Si](C)(C)C. The van der Waals surface area contributed by atoms with Gasteiger partial charge in [-0.1, -0.05) is 61.6 Å². The van der Waals surface area contributed by atoms with Gasteiger partial charge in [-0.05, 0) is 35.7 Å². The molecule has 1 atom stereocenters. The van der Waals surface area contributed by atoms with Crippen molar-refractivity contribution in [3.05, 3.63) is 71.8 Å². The van der Waals surface area contributed by atoms with Gasteiger partial charge in [-0.25, -0.2) is 0 Å². The van der Waals surface area contributed by atoms with Crippen molar-refractivity contribution in [2.75, 3.05) is 7.11 Å². The fourth-order valence-electron chi connectivity index (χ4n) is 2.96. The first-order chi connectivity index (χ1) is 12.3. The van der Waals surface area contributed by atoms with Gasteiger partial charge in [-0.3, -0.25) is 0 Å². The van der Waals surface area contributed by atoms with Gasteiger partial charge >= 0.3 is 0 Å². The van der Waals surface area contributed by atoms with Crippen molar-refractivity contribution in [1.82, 2.24) is 0 Å². The molecule has 4 heteroatoms. The van der Waals surface area contributed by atoms with Gasteiger partial charge in [0.2, 0.25) is 0 Å². The van der Waals surface area contributed by atoms with Gasteiger partial charge in [0.05, 0.1) is 13.2 Å². The average Bonchev–Trinajstić information content (AvgIpc) is 2.59. The minimum absolute atomic E-state index is 0.478. The number of rotatable bonds is 9. The Morgan fingerprint density at radius 2 is 1.77 bits per heavy atom. The molecule has 0 aliphatic rings. The van der Waals surface area contributed by atoms with Crippen LogP contribution < -0.4 is 9.47 Å². The van der Waals surface area contributed by atoms with E-state index >= 15 is 0 Å². The highest BCUT2D eigenvalue weighted by Gasteiger charge is 2.18. The molecular formula is C22H30O3Si. The van der Waals surface area contributed by atoms with E-state index in [4.69, 9.17) is 9.47 Å². The van der Waals surface area contributed by atoms with Gasteiger partial charge < -0.3 is 14.6 Å². The molecule has 0 amide bonds. The van der Waals surface area contributed by atoms with E-state index in [0.29, 0.717) is 24.5 Å². The molecule has 2 rings (SSSR count). The van der Waals surface area contributed by atoms with E-state index in [1.54, 1.807) is 7.11 Å². The maximum absolute atomic E-state index is 10.6. The Morgan fingerprint density at radius 3 is 2.38 bits per heavy atom.